The Labute approximate surface area is 384 Å². The molecule has 2 aliphatic heterocycles. The lowest BCUT2D eigenvalue weighted by atomic mass is 9.80. The highest BCUT2D eigenvalue weighted by atomic mass is 31.2. The average Bonchev–Trinajstić information content (AvgIpc) is 3.30. The van der Waals surface area contributed by atoms with E-state index in [0.717, 1.165) is 25.7 Å². The van der Waals surface area contributed by atoms with Gasteiger partial charge in [-0.2, -0.15) is 10.1 Å². The number of hydrogen-bond acceptors (Lipinski definition) is 6. The standard InChI is InChI=1S/2C28H35NO2P/c2*1-27(2)20-23(21-28(3,4)29(27)30)31-22-32(24-14-8-5-9-15-24,25-16-10-6-11-17-25)26-18-12-7-13-19-26/h2*5-19,23,30H,20-22H2,1-4H3/q2*+1. The van der Waals surface area contributed by atoms with Gasteiger partial charge in [-0.3, -0.25) is 0 Å². The zero-order valence-electron chi connectivity index (χ0n) is 39.2. The van der Waals surface area contributed by atoms with E-state index in [0.29, 0.717) is 12.7 Å². The lowest BCUT2D eigenvalue weighted by Crippen LogP contribution is -2.60. The van der Waals surface area contributed by atoms with Crippen LogP contribution in [0.15, 0.2) is 182 Å². The van der Waals surface area contributed by atoms with Crippen molar-refractivity contribution in [1.82, 2.24) is 10.1 Å². The molecule has 0 unspecified atom stereocenters. The second-order valence-corrected chi connectivity index (χ2v) is 27.0. The second-order valence-electron chi connectivity index (χ2n) is 20.2. The SMILES string of the molecule is CC1(C)CC(OC[P+](c2ccccc2)(c2ccccc2)c2ccccc2)CC(C)(C)N1O.CC1(C)CC(OC[P+](c2ccccc2)(c2ccccc2)c2ccccc2)CC(C)(C)N1O. The fourth-order valence-corrected chi connectivity index (χ4v) is 18.1. The van der Waals surface area contributed by atoms with Gasteiger partial charge in [-0.1, -0.05) is 109 Å². The predicted octanol–water partition coefficient (Wildman–Crippen LogP) is 10.7. The van der Waals surface area contributed by atoms with E-state index in [1.807, 2.05) is 0 Å². The quantitative estimate of drug-likeness (QED) is 0.119. The molecule has 0 spiro atoms. The van der Waals surface area contributed by atoms with E-state index in [4.69, 9.17) is 9.47 Å². The van der Waals surface area contributed by atoms with E-state index in [9.17, 15) is 10.4 Å². The minimum atomic E-state index is -2.02. The molecular formula is C56H70N2O4P2+2. The van der Waals surface area contributed by atoms with Crippen molar-refractivity contribution >= 4 is 46.4 Å². The van der Waals surface area contributed by atoms with Crippen molar-refractivity contribution in [2.75, 3.05) is 12.7 Å². The molecule has 2 N–H and O–H groups in total. The van der Waals surface area contributed by atoms with E-state index in [-0.39, 0.29) is 34.4 Å². The molecule has 0 aliphatic carbocycles. The number of piperidine rings is 2. The predicted molar refractivity (Wildman–Crippen MR) is 272 cm³/mol. The third kappa shape index (κ3) is 10.2. The monoisotopic (exact) mass is 896 g/mol. The van der Waals surface area contributed by atoms with Crippen LogP contribution in [0, 0.1) is 0 Å². The summed E-state index contributed by atoms with van der Waals surface area (Å²) in [6, 6.07) is 65.1. The Hall–Kier alpha value is -4.06. The van der Waals surface area contributed by atoms with Crippen LogP contribution in [0.1, 0.15) is 81.1 Å². The molecule has 336 valence electrons. The zero-order chi connectivity index (χ0) is 45.6. The molecule has 0 atom stereocenters. The van der Waals surface area contributed by atoms with Crippen LogP contribution >= 0.6 is 14.5 Å². The zero-order valence-corrected chi connectivity index (χ0v) is 41.0. The Kier molecular flexibility index (Phi) is 14.8. The third-order valence-electron chi connectivity index (χ3n) is 13.4. The summed E-state index contributed by atoms with van der Waals surface area (Å²) in [7, 11) is -4.03. The van der Waals surface area contributed by atoms with Gasteiger partial charge in [0.25, 0.3) is 0 Å². The molecule has 0 saturated carbocycles. The van der Waals surface area contributed by atoms with Crippen LogP contribution in [-0.4, -0.2) is 67.6 Å². The summed E-state index contributed by atoms with van der Waals surface area (Å²) in [4.78, 5) is 0. The summed E-state index contributed by atoms with van der Waals surface area (Å²) in [5, 5.41) is 32.5. The molecule has 0 radical (unpaired) electrons. The third-order valence-corrected chi connectivity index (χ3v) is 21.5. The molecular weight excluding hydrogens is 827 g/mol. The van der Waals surface area contributed by atoms with Crippen LogP contribution in [0.5, 0.6) is 0 Å². The van der Waals surface area contributed by atoms with Crippen molar-refractivity contribution in [3.05, 3.63) is 182 Å². The van der Waals surface area contributed by atoms with Gasteiger partial charge in [0, 0.05) is 22.2 Å². The van der Waals surface area contributed by atoms with E-state index < -0.39 is 14.5 Å². The fourth-order valence-electron chi connectivity index (χ4n) is 10.5. The van der Waals surface area contributed by atoms with Gasteiger partial charge in [-0.15, -0.1) is 0 Å². The Bertz CT molecular complexity index is 1950. The average molecular weight is 897 g/mol. The summed E-state index contributed by atoms with van der Waals surface area (Å²) < 4.78 is 13.7. The molecule has 8 heteroatoms. The maximum atomic E-state index is 10.7. The topological polar surface area (TPSA) is 65.4 Å². The summed E-state index contributed by atoms with van der Waals surface area (Å²) in [6.45, 7) is 16.8. The van der Waals surface area contributed by atoms with Crippen LogP contribution in [0.25, 0.3) is 0 Å². The summed E-state index contributed by atoms with van der Waals surface area (Å²) in [6.07, 6.45) is 4.64. The first-order valence-corrected chi connectivity index (χ1v) is 26.8. The first-order chi connectivity index (χ1) is 30.5. The van der Waals surface area contributed by atoms with Gasteiger partial charge >= 0.3 is 0 Å². The minimum absolute atomic E-state index is 0.0823. The van der Waals surface area contributed by atoms with Gasteiger partial charge in [0.2, 0.25) is 0 Å². The van der Waals surface area contributed by atoms with Crippen LogP contribution in [0.3, 0.4) is 0 Å². The van der Waals surface area contributed by atoms with Gasteiger partial charge in [0.1, 0.15) is 46.4 Å². The molecule has 0 amide bonds. The van der Waals surface area contributed by atoms with E-state index in [2.05, 4.69) is 237 Å². The molecule has 2 aliphatic rings. The molecule has 64 heavy (non-hydrogen) atoms. The molecule has 0 aromatic heterocycles. The number of hydroxylamine groups is 4. The van der Waals surface area contributed by atoms with Crippen LogP contribution in [-0.2, 0) is 9.47 Å². The maximum absolute atomic E-state index is 10.7. The van der Waals surface area contributed by atoms with Crippen molar-refractivity contribution in [2.24, 2.45) is 0 Å². The molecule has 6 aromatic carbocycles. The van der Waals surface area contributed by atoms with Gasteiger partial charge in [0.05, 0.1) is 12.2 Å². The van der Waals surface area contributed by atoms with Gasteiger partial charge in [0.15, 0.2) is 12.7 Å². The van der Waals surface area contributed by atoms with Crippen LogP contribution < -0.4 is 31.8 Å². The Morgan fingerprint density at radius 2 is 0.531 bits per heavy atom. The van der Waals surface area contributed by atoms with E-state index in [1.165, 1.54) is 42.0 Å². The van der Waals surface area contributed by atoms with E-state index >= 15 is 0 Å². The van der Waals surface area contributed by atoms with Crippen molar-refractivity contribution in [2.45, 2.75) is 115 Å². The Morgan fingerprint density at radius 1 is 0.359 bits per heavy atom. The maximum Gasteiger partial charge on any atom is 0.171 e. The Balaban J connectivity index is 0.000000191. The van der Waals surface area contributed by atoms with Gasteiger partial charge in [-0.25, -0.2) is 0 Å². The number of rotatable bonds is 12. The summed E-state index contributed by atoms with van der Waals surface area (Å²) in [5.74, 6) is 0. The number of ether oxygens (including phenoxy) is 2. The van der Waals surface area contributed by atoms with Crippen molar-refractivity contribution < 1.29 is 19.9 Å². The second kappa shape index (κ2) is 19.8. The first-order valence-electron chi connectivity index (χ1n) is 22.8. The summed E-state index contributed by atoms with van der Waals surface area (Å²) in [5.41, 5.74) is -1.33. The summed E-state index contributed by atoms with van der Waals surface area (Å²) >= 11 is 0. The smallest absolute Gasteiger partial charge is 0.171 e. The van der Waals surface area contributed by atoms with E-state index in [1.54, 1.807) is 0 Å². The highest BCUT2D eigenvalue weighted by molar-refractivity contribution is 7.96. The molecule has 2 heterocycles. The molecule has 6 nitrogen and oxygen atoms in total. The highest BCUT2D eigenvalue weighted by Crippen LogP contribution is 2.57. The largest absolute Gasteiger partial charge is 0.342 e. The fraction of sp³-hybridized carbons (Fsp3) is 0.357. The minimum Gasteiger partial charge on any atom is -0.342 e. The van der Waals surface area contributed by atoms with Crippen LogP contribution in [0.2, 0.25) is 0 Å². The molecule has 2 saturated heterocycles. The van der Waals surface area contributed by atoms with Crippen molar-refractivity contribution in [1.29, 1.82) is 0 Å². The highest BCUT2D eigenvalue weighted by Gasteiger charge is 2.51. The van der Waals surface area contributed by atoms with Gasteiger partial charge < -0.3 is 19.9 Å². The van der Waals surface area contributed by atoms with Crippen molar-refractivity contribution in [3.63, 3.8) is 0 Å². The van der Waals surface area contributed by atoms with Crippen LogP contribution in [0.4, 0.5) is 0 Å². The number of benzene rings is 6. The number of hydrogen-bond donors (Lipinski definition) is 2. The van der Waals surface area contributed by atoms with Crippen molar-refractivity contribution in [3.8, 4) is 0 Å². The molecule has 2 fully saturated rings. The van der Waals surface area contributed by atoms with Gasteiger partial charge in [-0.05, 0) is 154 Å². The molecule has 8 rings (SSSR count). The Morgan fingerprint density at radius 3 is 0.703 bits per heavy atom. The lowest BCUT2D eigenvalue weighted by molar-refractivity contribution is -0.259. The first kappa shape index (κ1) is 47.9. The normalized spacial score (nSPS) is 19.0. The lowest BCUT2D eigenvalue weighted by Gasteiger charge is -2.51. The number of nitrogens with zero attached hydrogens (tertiary/aromatic N) is 2. The molecule has 0 bridgehead atoms. The molecule has 6 aromatic rings.